The highest BCUT2D eigenvalue weighted by molar-refractivity contribution is 7.99. The van der Waals surface area contributed by atoms with Gasteiger partial charge < -0.3 is 9.88 Å². The number of amides is 1. The van der Waals surface area contributed by atoms with Crippen molar-refractivity contribution < 1.29 is 4.79 Å². The predicted molar refractivity (Wildman–Crippen MR) is 90.3 cm³/mol. The van der Waals surface area contributed by atoms with Crippen LogP contribution in [0.1, 0.15) is 45.2 Å². The Morgan fingerprint density at radius 1 is 1.27 bits per heavy atom. The zero-order valence-electron chi connectivity index (χ0n) is 13.4. The Morgan fingerprint density at radius 3 is 2.68 bits per heavy atom. The molecule has 0 saturated heterocycles. The summed E-state index contributed by atoms with van der Waals surface area (Å²) in [6.45, 7) is 8.36. The number of anilines is 1. The molecule has 1 aromatic carbocycles. The minimum absolute atomic E-state index is 0.0311. The molecule has 1 heterocycles. The Labute approximate surface area is 135 Å². The van der Waals surface area contributed by atoms with E-state index in [0.717, 1.165) is 16.4 Å². The van der Waals surface area contributed by atoms with Crippen molar-refractivity contribution in [3.05, 3.63) is 36.2 Å². The van der Waals surface area contributed by atoms with Crippen molar-refractivity contribution in [1.29, 1.82) is 0 Å². The average Bonchev–Trinajstić information content (AvgIpc) is 2.94. The van der Waals surface area contributed by atoms with Gasteiger partial charge in [-0.15, -0.1) is 10.2 Å². The maximum Gasteiger partial charge on any atom is 0.234 e. The van der Waals surface area contributed by atoms with Gasteiger partial charge in [0.1, 0.15) is 6.33 Å². The monoisotopic (exact) mass is 318 g/mol. The summed E-state index contributed by atoms with van der Waals surface area (Å²) in [5.41, 5.74) is 2.03. The summed E-state index contributed by atoms with van der Waals surface area (Å²) in [4.78, 5) is 12.2. The Bertz CT molecular complexity index is 637. The molecule has 0 radical (unpaired) electrons. The number of thioether (sulfide) groups is 1. The quantitative estimate of drug-likeness (QED) is 0.825. The number of nitrogens with zero attached hydrogens (tertiary/aromatic N) is 3. The van der Waals surface area contributed by atoms with E-state index in [1.54, 1.807) is 6.33 Å². The maximum atomic E-state index is 12.2. The molecule has 0 aliphatic heterocycles. The van der Waals surface area contributed by atoms with Crippen LogP contribution in [0.3, 0.4) is 0 Å². The second-order valence-electron chi connectivity index (χ2n) is 5.69. The Hall–Kier alpha value is -1.82. The number of nitrogens with one attached hydrogen (secondary N) is 1. The molecule has 2 aromatic rings. The SMILES string of the molecule is CC(C)c1ccccc1NC(=O)CSc1nncn1C(C)C. The average molecular weight is 318 g/mol. The predicted octanol–water partition coefficient (Wildman–Crippen LogP) is 3.71. The fourth-order valence-corrected chi connectivity index (χ4v) is 2.96. The zero-order valence-corrected chi connectivity index (χ0v) is 14.2. The van der Waals surface area contributed by atoms with E-state index >= 15 is 0 Å². The van der Waals surface area contributed by atoms with Gasteiger partial charge in [0.15, 0.2) is 5.16 Å². The lowest BCUT2D eigenvalue weighted by atomic mass is 10.0. The highest BCUT2D eigenvalue weighted by atomic mass is 32.2. The van der Waals surface area contributed by atoms with Crippen LogP contribution in [0.25, 0.3) is 0 Å². The topological polar surface area (TPSA) is 59.8 Å². The van der Waals surface area contributed by atoms with Crippen LogP contribution in [0.2, 0.25) is 0 Å². The molecule has 22 heavy (non-hydrogen) atoms. The summed E-state index contributed by atoms with van der Waals surface area (Å²) >= 11 is 1.40. The highest BCUT2D eigenvalue weighted by Gasteiger charge is 2.12. The summed E-state index contributed by atoms with van der Waals surface area (Å²) in [7, 11) is 0. The first-order valence-electron chi connectivity index (χ1n) is 7.40. The summed E-state index contributed by atoms with van der Waals surface area (Å²) in [6, 6.07) is 8.19. The minimum Gasteiger partial charge on any atom is -0.325 e. The molecule has 0 saturated carbocycles. The fourth-order valence-electron chi connectivity index (χ4n) is 2.12. The lowest BCUT2D eigenvalue weighted by Crippen LogP contribution is -2.16. The Balaban J connectivity index is 1.98. The molecule has 118 valence electrons. The van der Waals surface area contributed by atoms with Crippen molar-refractivity contribution in [1.82, 2.24) is 14.8 Å². The van der Waals surface area contributed by atoms with Crippen LogP contribution in [-0.4, -0.2) is 26.4 Å². The maximum absolute atomic E-state index is 12.2. The number of hydrogen-bond donors (Lipinski definition) is 1. The summed E-state index contributed by atoms with van der Waals surface area (Å²) in [5.74, 6) is 0.655. The highest BCUT2D eigenvalue weighted by Crippen LogP contribution is 2.24. The van der Waals surface area contributed by atoms with Crippen molar-refractivity contribution in [3.8, 4) is 0 Å². The van der Waals surface area contributed by atoms with Crippen LogP contribution in [0.4, 0.5) is 5.69 Å². The van der Waals surface area contributed by atoms with Gasteiger partial charge >= 0.3 is 0 Å². The number of carbonyl (C=O) groups excluding carboxylic acids is 1. The summed E-state index contributed by atoms with van der Waals surface area (Å²) < 4.78 is 1.96. The second kappa shape index (κ2) is 7.45. The van der Waals surface area contributed by atoms with E-state index in [4.69, 9.17) is 0 Å². The third kappa shape index (κ3) is 4.10. The van der Waals surface area contributed by atoms with E-state index < -0.39 is 0 Å². The lowest BCUT2D eigenvalue weighted by Gasteiger charge is -2.13. The van der Waals surface area contributed by atoms with E-state index in [0.29, 0.717) is 11.7 Å². The number of carbonyl (C=O) groups is 1. The van der Waals surface area contributed by atoms with Crippen molar-refractivity contribution >= 4 is 23.4 Å². The molecule has 2 rings (SSSR count). The van der Waals surface area contributed by atoms with Crippen LogP contribution >= 0.6 is 11.8 Å². The van der Waals surface area contributed by atoms with Crippen molar-refractivity contribution in [3.63, 3.8) is 0 Å². The van der Waals surface area contributed by atoms with Crippen molar-refractivity contribution in [2.45, 2.75) is 44.8 Å². The van der Waals surface area contributed by atoms with Crippen LogP contribution < -0.4 is 5.32 Å². The normalized spacial score (nSPS) is 11.2. The molecular weight excluding hydrogens is 296 g/mol. The third-order valence-electron chi connectivity index (χ3n) is 3.29. The third-order valence-corrected chi connectivity index (χ3v) is 4.24. The molecule has 0 aliphatic carbocycles. The standard InChI is InChI=1S/C16H22N4OS/c1-11(2)13-7-5-6-8-14(13)18-15(21)9-22-16-19-17-10-20(16)12(3)4/h5-8,10-12H,9H2,1-4H3,(H,18,21). The van der Waals surface area contributed by atoms with E-state index in [1.807, 2.05) is 28.8 Å². The van der Waals surface area contributed by atoms with Gasteiger partial charge in [-0.3, -0.25) is 4.79 Å². The first kappa shape index (κ1) is 16.5. The van der Waals surface area contributed by atoms with Gasteiger partial charge in [-0.25, -0.2) is 0 Å². The van der Waals surface area contributed by atoms with E-state index in [2.05, 4.69) is 43.2 Å². The van der Waals surface area contributed by atoms with Crippen LogP contribution in [-0.2, 0) is 4.79 Å². The number of aromatic nitrogens is 3. The summed E-state index contributed by atoms with van der Waals surface area (Å²) in [6.07, 6.45) is 1.69. The van der Waals surface area contributed by atoms with Crippen LogP contribution in [0.15, 0.2) is 35.7 Å². The molecule has 6 heteroatoms. The molecule has 0 atom stereocenters. The number of rotatable bonds is 6. The van der Waals surface area contributed by atoms with Gasteiger partial charge in [0.05, 0.1) is 5.75 Å². The molecule has 1 N–H and O–H groups in total. The van der Waals surface area contributed by atoms with Gasteiger partial charge in [0.2, 0.25) is 5.91 Å². The number of para-hydroxylation sites is 1. The zero-order chi connectivity index (χ0) is 16.1. The second-order valence-corrected chi connectivity index (χ2v) is 6.64. The summed E-state index contributed by atoms with van der Waals surface area (Å²) in [5, 5.41) is 11.7. The largest absolute Gasteiger partial charge is 0.325 e. The molecule has 0 aliphatic rings. The smallest absolute Gasteiger partial charge is 0.234 e. The fraction of sp³-hybridized carbons (Fsp3) is 0.438. The van der Waals surface area contributed by atoms with Crippen molar-refractivity contribution in [2.75, 3.05) is 11.1 Å². The molecule has 0 fully saturated rings. The Kier molecular flexibility index (Phi) is 5.60. The van der Waals surface area contributed by atoms with Crippen LogP contribution in [0.5, 0.6) is 0 Å². The van der Waals surface area contributed by atoms with E-state index in [9.17, 15) is 4.79 Å². The van der Waals surface area contributed by atoms with Gasteiger partial charge in [0, 0.05) is 11.7 Å². The first-order chi connectivity index (χ1) is 10.5. The molecule has 1 amide bonds. The van der Waals surface area contributed by atoms with Gasteiger partial charge in [-0.05, 0) is 31.4 Å². The molecule has 1 aromatic heterocycles. The molecule has 0 spiro atoms. The minimum atomic E-state index is -0.0311. The molecule has 0 bridgehead atoms. The van der Waals surface area contributed by atoms with Gasteiger partial charge in [0.25, 0.3) is 0 Å². The van der Waals surface area contributed by atoms with E-state index in [1.165, 1.54) is 11.8 Å². The lowest BCUT2D eigenvalue weighted by molar-refractivity contribution is -0.113. The van der Waals surface area contributed by atoms with Gasteiger partial charge in [-0.1, -0.05) is 43.8 Å². The Morgan fingerprint density at radius 2 is 2.00 bits per heavy atom. The van der Waals surface area contributed by atoms with Gasteiger partial charge in [-0.2, -0.15) is 0 Å². The first-order valence-corrected chi connectivity index (χ1v) is 8.38. The van der Waals surface area contributed by atoms with Crippen molar-refractivity contribution in [2.24, 2.45) is 0 Å². The number of benzene rings is 1. The number of hydrogen-bond acceptors (Lipinski definition) is 4. The molecular formula is C16H22N4OS. The van der Waals surface area contributed by atoms with E-state index in [-0.39, 0.29) is 11.9 Å². The molecule has 0 unspecified atom stereocenters. The molecule has 5 nitrogen and oxygen atoms in total. The van der Waals surface area contributed by atoms with Crippen LogP contribution in [0, 0.1) is 0 Å².